The van der Waals surface area contributed by atoms with Gasteiger partial charge in [-0.05, 0) is 23.3 Å². The molecule has 172 valence electrons. The number of carbonyl (C=O) groups is 1. The van der Waals surface area contributed by atoms with Crippen molar-refractivity contribution in [3.05, 3.63) is 59.7 Å². The van der Waals surface area contributed by atoms with E-state index in [1.54, 1.807) is 13.1 Å². The van der Waals surface area contributed by atoms with E-state index in [0.29, 0.717) is 25.4 Å². The Morgan fingerprint density at radius 1 is 1.09 bits per heavy atom. The molecule has 3 N–H and O–H groups in total. The van der Waals surface area contributed by atoms with Crippen LogP contribution in [0, 0.1) is 0 Å². The Morgan fingerprint density at radius 2 is 1.88 bits per heavy atom. The molecule has 0 aliphatic carbocycles. The molecule has 8 heteroatoms. The minimum Gasteiger partial charge on any atom is -0.492 e. The number of nitrogens with one attached hydrogen (secondary N) is 3. The molecule has 3 rings (SSSR count). The fourth-order valence-electron chi connectivity index (χ4n) is 3.49. The molecule has 8 nitrogen and oxygen atoms in total. The lowest BCUT2D eigenvalue weighted by Gasteiger charge is -2.27. The maximum Gasteiger partial charge on any atom is 0.221 e. The lowest BCUT2D eigenvalue weighted by molar-refractivity contribution is -0.114. The van der Waals surface area contributed by atoms with Gasteiger partial charge in [0.25, 0.3) is 0 Å². The normalized spacial score (nSPS) is 14.6. The van der Waals surface area contributed by atoms with Crippen LogP contribution in [0.3, 0.4) is 0 Å². The third-order valence-corrected chi connectivity index (χ3v) is 5.10. The SMILES string of the molecule is CN=C(NCCOc1cccc(NC(C)=O)c1)NCc1ccccc1CN1CCOCC1. The second kappa shape index (κ2) is 12.7. The number of carbonyl (C=O) groups excluding carboxylic acids is 1. The molecular weight excluding hydrogens is 406 g/mol. The standard InChI is InChI=1S/C24H33N5O3/c1-19(30)28-22-8-5-9-23(16-22)32-13-10-26-24(25-2)27-17-20-6-3-4-7-21(20)18-29-11-14-31-15-12-29/h3-9,16H,10-15,17-18H2,1-2H3,(H,28,30)(H2,25,26,27). The minimum absolute atomic E-state index is 0.106. The van der Waals surface area contributed by atoms with Crippen molar-refractivity contribution in [3.8, 4) is 5.75 Å². The van der Waals surface area contributed by atoms with Crippen LogP contribution in [0.15, 0.2) is 53.5 Å². The Balaban J connectivity index is 1.43. The summed E-state index contributed by atoms with van der Waals surface area (Å²) in [5, 5.41) is 9.41. The third kappa shape index (κ3) is 7.86. The van der Waals surface area contributed by atoms with Crippen molar-refractivity contribution in [3.63, 3.8) is 0 Å². The average Bonchev–Trinajstić information content (AvgIpc) is 2.80. The van der Waals surface area contributed by atoms with Gasteiger partial charge in [-0.15, -0.1) is 0 Å². The largest absolute Gasteiger partial charge is 0.492 e. The predicted molar refractivity (Wildman–Crippen MR) is 127 cm³/mol. The number of aliphatic imine (C=N–C) groups is 1. The van der Waals surface area contributed by atoms with E-state index in [0.717, 1.165) is 44.5 Å². The van der Waals surface area contributed by atoms with E-state index < -0.39 is 0 Å². The van der Waals surface area contributed by atoms with Crippen molar-refractivity contribution in [1.82, 2.24) is 15.5 Å². The summed E-state index contributed by atoms with van der Waals surface area (Å²) >= 11 is 0. The molecule has 0 aromatic heterocycles. The zero-order chi connectivity index (χ0) is 22.6. The number of ether oxygens (including phenoxy) is 2. The molecule has 32 heavy (non-hydrogen) atoms. The number of hydrogen-bond donors (Lipinski definition) is 3. The Bertz CT molecular complexity index is 897. The fourth-order valence-corrected chi connectivity index (χ4v) is 3.49. The number of benzene rings is 2. The van der Waals surface area contributed by atoms with Crippen LogP contribution < -0.4 is 20.7 Å². The average molecular weight is 440 g/mol. The Labute approximate surface area is 190 Å². The number of morpholine rings is 1. The van der Waals surface area contributed by atoms with E-state index in [1.165, 1.54) is 18.1 Å². The molecule has 0 radical (unpaired) electrons. The summed E-state index contributed by atoms with van der Waals surface area (Å²) in [7, 11) is 1.76. The first-order valence-corrected chi connectivity index (χ1v) is 11.0. The van der Waals surface area contributed by atoms with Crippen molar-refractivity contribution in [2.24, 2.45) is 4.99 Å². The summed E-state index contributed by atoms with van der Waals surface area (Å²) in [6, 6.07) is 15.8. The highest BCUT2D eigenvalue weighted by Crippen LogP contribution is 2.17. The summed E-state index contributed by atoms with van der Waals surface area (Å²) in [5.41, 5.74) is 3.30. The smallest absolute Gasteiger partial charge is 0.221 e. The van der Waals surface area contributed by atoms with Gasteiger partial charge in [0, 0.05) is 51.9 Å². The van der Waals surface area contributed by atoms with Crippen molar-refractivity contribution >= 4 is 17.6 Å². The summed E-state index contributed by atoms with van der Waals surface area (Å²) in [6.45, 7) is 7.72. The molecule has 0 bridgehead atoms. The van der Waals surface area contributed by atoms with Gasteiger partial charge < -0.3 is 25.4 Å². The first-order chi connectivity index (χ1) is 15.6. The zero-order valence-electron chi connectivity index (χ0n) is 18.9. The van der Waals surface area contributed by atoms with Crippen LogP contribution in [0.4, 0.5) is 5.69 Å². The topological polar surface area (TPSA) is 87.2 Å². The van der Waals surface area contributed by atoms with Crippen molar-refractivity contribution < 1.29 is 14.3 Å². The highest BCUT2D eigenvalue weighted by molar-refractivity contribution is 5.88. The number of rotatable bonds is 9. The lowest BCUT2D eigenvalue weighted by atomic mass is 10.1. The zero-order valence-corrected chi connectivity index (χ0v) is 18.9. The van der Waals surface area contributed by atoms with Crippen LogP contribution in [0.2, 0.25) is 0 Å². The van der Waals surface area contributed by atoms with Crippen molar-refractivity contribution in [2.45, 2.75) is 20.0 Å². The van der Waals surface area contributed by atoms with Crippen molar-refractivity contribution in [2.75, 3.05) is 51.8 Å². The van der Waals surface area contributed by atoms with Gasteiger partial charge in [-0.3, -0.25) is 14.7 Å². The molecule has 1 aliphatic rings. The molecule has 1 fully saturated rings. The van der Waals surface area contributed by atoms with Crippen molar-refractivity contribution in [1.29, 1.82) is 0 Å². The van der Waals surface area contributed by atoms with Crippen LogP contribution in [0.25, 0.3) is 0 Å². The molecular formula is C24H33N5O3. The van der Waals surface area contributed by atoms with Crippen LogP contribution in [0.5, 0.6) is 5.75 Å². The molecule has 0 saturated carbocycles. The van der Waals surface area contributed by atoms with Crippen LogP contribution >= 0.6 is 0 Å². The molecule has 1 amide bonds. The molecule has 2 aromatic carbocycles. The van der Waals surface area contributed by atoms with Gasteiger partial charge in [0.2, 0.25) is 5.91 Å². The second-order valence-corrected chi connectivity index (χ2v) is 7.57. The molecule has 2 aromatic rings. The predicted octanol–water partition coefficient (Wildman–Crippen LogP) is 2.22. The van der Waals surface area contributed by atoms with Crippen LogP contribution in [0.1, 0.15) is 18.1 Å². The molecule has 1 aliphatic heterocycles. The van der Waals surface area contributed by atoms with E-state index in [2.05, 4.69) is 50.1 Å². The molecule has 1 saturated heterocycles. The van der Waals surface area contributed by atoms with Gasteiger partial charge in [-0.1, -0.05) is 30.3 Å². The molecule has 0 atom stereocenters. The van der Waals surface area contributed by atoms with Gasteiger partial charge in [-0.2, -0.15) is 0 Å². The molecule has 1 heterocycles. The summed E-state index contributed by atoms with van der Waals surface area (Å²) in [6.07, 6.45) is 0. The van der Waals surface area contributed by atoms with Gasteiger partial charge in [-0.25, -0.2) is 0 Å². The van der Waals surface area contributed by atoms with Gasteiger partial charge in [0.15, 0.2) is 5.96 Å². The molecule has 0 spiro atoms. The quantitative estimate of drug-likeness (QED) is 0.316. The van der Waals surface area contributed by atoms with Gasteiger partial charge in [0.05, 0.1) is 19.8 Å². The monoisotopic (exact) mass is 439 g/mol. The highest BCUT2D eigenvalue weighted by Gasteiger charge is 2.12. The Morgan fingerprint density at radius 3 is 2.62 bits per heavy atom. The summed E-state index contributed by atoms with van der Waals surface area (Å²) < 4.78 is 11.2. The first kappa shape index (κ1) is 23.6. The number of amides is 1. The van der Waals surface area contributed by atoms with E-state index in [-0.39, 0.29) is 5.91 Å². The summed E-state index contributed by atoms with van der Waals surface area (Å²) in [5.74, 6) is 1.32. The van der Waals surface area contributed by atoms with Crippen LogP contribution in [-0.2, 0) is 22.6 Å². The Hall–Kier alpha value is -3.10. The lowest BCUT2D eigenvalue weighted by Crippen LogP contribution is -2.39. The number of guanidine groups is 1. The van der Waals surface area contributed by atoms with Crippen LogP contribution in [-0.4, -0.2) is 63.3 Å². The van der Waals surface area contributed by atoms with E-state index in [4.69, 9.17) is 9.47 Å². The summed E-state index contributed by atoms with van der Waals surface area (Å²) in [4.78, 5) is 17.9. The van der Waals surface area contributed by atoms with E-state index in [9.17, 15) is 4.79 Å². The third-order valence-electron chi connectivity index (χ3n) is 5.10. The first-order valence-electron chi connectivity index (χ1n) is 11.0. The molecule has 0 unspecified atom stereocenters. The Kier molecular flexibility index (Phi) is 9.34. The maximum absolute atomic E-state index is 11.2. The van der Waals surface area contributed by atoms with E-state index >= 15 is 0 Å². The number of nitrogens with zero attached hydrogens (tertiary/aromatic N) is 2. The minimum atomic E-state index is -0.106. The second-order valence-electron chi connectivity index (χ2n) is 7.57. The number of hydrogen-bond acceptors (Lipinski definition) is 5. The van der Waals surface area contributed by atoms with Gasteiger partial charge >= 0.3 is 0 Å². The van der Waals surface area contributed by atoms with E-state index in [1.807, 2.05) is 18.2 Å². The maximum atomic E-state index is 11.2. The fraction of sp³-hybridized carbons (Fsp3) is 0.417. The highest BCUT2D eigenvalue weighted by atomic mass is 16.5. The van der Waals surface area contributed by atoms with Gasteiger partial charge in [0.1, 0.15) is 12.4 Å². The number of anilines is 1.